The molecule has 0 aliphatic carbocycles. The lowest BCUT2D eigenvalue weighted by Gasteiger charge is -2.26. The Morgan fingerprint density at radius 3 is 2.18 bits per heavy atom. The van der Waals surface area contributed by atoms with Crippen LogP contribution in [-0.2, 0) is 0 Å². The average Bonchev–Trinajstić information content (AvgIpc) is 2.00. The Labute approximate surface area is 67.7 Å². The first kappa shape index (κ1) is 10.6. The van der Waals surface area contributed by atoms with Crippen molar-refractivity contribution in [2.45, 2.75) is 19.4 Å². The lowest BCUT2D eigenvalue weighted by molar-refractivity contribution is 0.107. The van der Waals surface area contributed by atoms with Gasteiger partial charge in [-0.2, -0.15) is 0 Å². The number of rotatable bonds is 5. The second-order valence-corrected chi connectivity index (χ2v) is 3.19. The maximum absolute atomic E-state index is 8.85. The quantitative estimate of drug-likeness (QED) is 0.491. The van der Waals surface area contributed by atoms with Gasteiger partial charge in [0, 0.05) is 6.54 Å². The van der Waals surface area contributed by atoms with Crippen molar-refractivity contribution in [2.75, 3.05) is 19.8 Å². The molecule has 3 nitrogen and oxygen atoms in total. The third-order valence-electron chi connectivity index (χ3n) is 1.51. The number of aliphatic hydroxyl groups is 2. The molecule has 0 aliphatic rings. The number of nitrogens with one attached hydrogen (secondary N) is 1. The van der Waals surface area contributed by atoms with Gasteiger partial charge < -0.3 is 15.5 Å². The van der Waals surface area contributed by atoms with Gasteiger partial charge in [0.25, 0.3) is 0 Å². The van der Waals surface area contributed by atoms with E-state index < -0.39 is 5.54 Å². The van der Waals surface area contributed by atoms with Gasteiger partial charge >= 0.3 is 0 Å². The van der Waals surface area contributed by atoms with Crippen LogP contribution in [0, 0.1) is 0 Å². The zero-order valence-corrected chi connectivity index (χ0v) is 7.22. The molecule has 0 atom stereocenters. The van der Waals surface area contributed by atoms with Crippen LogP contribution < -0.4 is 5.32 Å². The summed E-state index contributed by atoms with van der Waals surface area (Å²) < 4.78 is 0. The summed E-state index contributed by atoms with van der Waals surface area (Å²) in [6.07, 6.45) is 0. The maximum atomic E-state index is 8.85. The van der Waals surface area contributed by atoms with Crippen LogP contribution >= 0.6 is 0 Å². The monoisotopic (exact) mass is 159 g/mol. The molecule has 0 spiro atoms. The summed E-state index contributed by atoms with van der Waals surface area (Å²) in [7, 11) is 0. The van der Waals surface area contributed by atoms with Crippen LogP contribution in [0.15, 0.2) is 12.2 Å². The SMILES string of the molecule is C=C(C)CNC(C)(CO)CO. The standard InChI is InChI=1S/C8H17NO2/c1-7(2)4-9-8(3,5-10)6-11/h9-11H,1,4-6H2,2-3H3. The van der Waals surface area contributed by atoms with E-state index in [4.69, 9.17) is 10.2 Å². The lowest BCUT2D eigenvalue weighted by atomic mass is 10.1. The molecular formula is C8H17NO2. The number of hydrogen-bond acceptors (Lipinski definition) is 3. The molecule has 66 valence electrons. The van der Waals surface area contributed by atoms with Crippen LogP contribution in [0.4, 0.5) is 0 Å². The molecule has 0 unspecified atom stereocenters. The van der Waals surface area contributed by atoms with Crippen molar-refractivity contribution < 1.29 is 10.2 Å². The molecule has 0 aromatic rings. The van der Waals surface area contributed by atoms with Crippen LogP contribution in [0.3, 0.4) is 0 Å². The van der Waals surface area contributed by atoms with Gasteiger partial charge in [-0.3, -0.25) is 0 Å². The van der Waals surface area contributed by atoms with E-state index in [0.717, 1.165) is 5.57 Å². The van der Waals surface area contributed by atoms with Gasteiger partial charge in [0.05, 0.1) is 18.8 Å². The summed E-state index contributed by atoms with van der Waals surface area (Å²) in [4.78, 5) is 0. The minimum atomic E-state index is -0.584. The maximum Gasteiger partial charge on any atom is 0.0633 e. The van der Waals surface area contributed by atoms with Gasteiger partial charge in [-0.05, 0) is 13.8 Å². The van der Waals surface area contributed by atoms with Crippen molar-refractivity contribution in [1.82, 2.24) is 5.32 Å². The van der Waals surface area contributed by atoms with Crippen molar-refractivity contribution in [3.63, 3.8) is 0 Å². The van der Waals surface area contributed by atoms with Crippen LogP contribution in [0.25, 0.3) is 0 Å². The first-order valence-electron chi connectivity index (χ1n) is 3.65. The number of hydrogen-bond donors (Lipinski definition) is 3. The van der Waals surface area contributed by atoms with Crippen molar-refractivity contribution >= 4 is 0 Å². The summed E-state index contributed by atoms with van der Waals surface area (Å²) >= 11 is 0. The molecule has 0 saturated heterocycles. The topological polar surface area (TPSA) is 52.5 Å². The Morgan fingerprint density at radius 1 is 1.45 bits per heavy atom. The molecule has 0 rings (SSSR count). The highest BCUT2D eigenvalue weighted by Gasteiger charge is 2.20. The minimum absolute atomic E-state index is 0.0726. The predicted octanol–water partition coefficient (Wildman–Crippen LogP) is -0.105. The van der Waals surface area contributed by atoms with Gasteiger partial charge in [0.2, 0.25) is 0 Å². The third-order valence-corrected chi connectivity index (χ3v) is 1.51. The van der Waals surface area contributed by atoms with Crippen LogP contribution in [0.2, 0.25) is 0 Å². The van der Waals surface area contributed by atoms with Crippen LogP contribution in [0.5, 0.6) is 0 Å². The molecule has 3 N–H and O–H groups in total. The molecule has 3 heteroatoms. The Balaban J connectivity index is 3.78. The largest absolute Gasteiger partial charge is 0.394 e. The minimum Gasteiger partial charge on any atom is -0.394 e. The summed E-state index contributed by atoms with van der Waals surface area (Å²) in [5, 5.41) is 20.7. The van der Waals surface area contributed by atoms with E-state index in [9.17, 15) is 0 Å². The van der Waals surface area contributed by atoms with E-state index in [1.165, 1.54) is 0 Å². The van der Waals surface area contributed by atoms with Crippen molar-refractivity contribution in [1.29, 1.82) is 0 Å². The smallest absolute Gasteiger partial charge is 0.0633 e. The van der Waals surface area contributed by atoms with E-state index in [2.05, 4.69) is 11.9 Å². The molecule has 0 fully saturated rings. The molecule has 0 amide bonds. The Hall–Kier alpha value is -0.380. The van der Waals surface area contributed by atoms with Crippen molar-refractivity contribution in [3.05, 3.63) is 12.2 Å². The summed E-state index contributed by atoms with van der Waals surface area (Å²) in [6, 6.07) is 0. The fourth-order valence-electron chi connectivity index (χ4n) is 0.526. The zero-order valence-electron chi connectivity index (χ0n) is 7.22. The molecule has 11 heavy (non-hydrogen) atoms. The highest BCUT2D eigenvalue weighted by Crippen LogP contribution is 2.00. The van der Waals surface area contributed by atoms with Gasteiger partial charge in [-0.15, -0.1) is 0 Å². The van der Waals surface area contributed by atoms with E-state index in [1.807, 2.05) is 6.92 Å². The second-order valence-electron chi connectivity index (χ2n) is 3.19. The van der Waals surface area contributed by atoms with Gasteiger partial charge in [-0.25, -0.2) is 0 Å². The van der Waals surface area contributed by atoms with Gasteiger partial charge in [0.15, 0.2) is 0 Å². The Bertz CT molecular complexity index is 130. The van der Waals surface area contributed by atoms with E-state index in [-0.39, 0.29) is 13.2 Å². The predicted molar refractivity (Wildman–Crippen MR) is 45.4 cm³/mol. The molecule has 0 saturated carbocycles. The Morgan fingerprint density at radius 2 is 1.91 bits per heavy atom. The van der Waals surface area contributed by atoms with Crippen molar-refractivity contribution in [2.24, 2.45) is 0 Å². The second kappa shape index (κ2) is 4.49. The molecule has 0 aromatic carbocycles. The van der Waals surface area contributed by atoms with Crippen LogP contribution in [0.1, 0.15) is 13.8 Å². The fraction of sp³-hybridized carbons (Fsp3) is 0.750. The molecule has 0 aliphatic heterocycles. The van der Waals surface area contributed by atoms with E-state index in [0.29, 0.717) is 6.54 Å². The summed E-state index contributed by atoms with van der Waals surface area (Å²) in [5.74, 6) is 0. The normalized spacial score (nSPS) is 11.6. The molecule has 0 bridgehead atoms. The van der Waals surface area contributed by atoms with Crippen LogP contribution in [-0.4, -0.2) is 35.5 Å². The van der Waals surface area contributed by atoms with Gasteiger partial charge in [-0.1, -0.05) is 12.2 Å². The molecule has 0 radical (unpaired) electrons. The number of aliphatic hydroxyl groups excluding tert-OH is 2. The van der Waals surface area contributed by atoms with Crippen molar-refractivity contribution in [3.8, 4) is 0 Å². The highest BCUT2D eigenvalue weighted by molar-refractivity contribution is 4.94. The summed E-state index contributed by atoms with van der Waals surface area (Å²) in [5.41, 5.74) is 0.400. The molecular weight excluding hydrogens is 142 g/mol. The molecule has 0 aromatic heterocycles. The first-order valence-corrected chi connectivity index (χ1v) is 3.65. The van der Waals surface area contributed by atoms with E-state index >= 15 is 0 Å². The fourth-order valence-corrected chi connectivity index (χ4v) is 0.526. The van der Waals surface area contributed by atoms with E-state index in [1.54, 1.807) is 6.92 Å². The molecule has 0 heterocycles. The third kappa shape index (κ3) is 4.14. The first-order chi connectivity index (χ1) is 5.04. The average molecular weight is 159 g/mol. The Kier molecular flexibility index (Phi) is 4.33. The highest BCUT2D eigenvalue weighted by atomic mass is 16.3. The van der Waals surface area contributed by atoms with Gasteiger partial charge in [0.1, 0.15) is 0 Å². The zero-order chi connectivity index (χ0) is 8.91. The lowest BCUT2D eigenvalue weighted by Crippen LogP contribution is -2.49. The summed E-state index contributed by atoms with van der Waals surface area (Å²) in [6.45, 7) is 7.83.